The van der Waals surface area contributed by atoms with Gasteiger partial charge in [-0.25, -0.2) is 14.4 Å². The number of hydrogen-bond acceptors (Lipinski definition) is 9. The molecule has 3 heterocycles. The van der Waals surface area contributed by atoms with Crippen LogP contribution in [0.4, 0.5) is 15.9 Å². The number of nitrogens with zero attached hydrogens (tertiary/aromatic N) is 3. The van der Waals surface area contributed by atoms with Crippen LogP contribution in [0.15, 0.2) is 48.8 Å². The number of likely N-dealkylation sites (tertiary alicyclic amines) is 1. The summed E-state index contributed by atoms with van der Waals surface area (Å²) in [4.78, 5) is 23.9. The van der Waals surface area contributed by atoms with Crippen molar-refractivity contribution in [2.24, 2.45) is 0 Å². The van der Waals surface area contributed by atoms with Crippen LogP contribution < -0.4 is 10.1 Å². The van der Waals surface area contributed by atoms with Crippen molar-refractivity contribution in [3.8, 4) is 5.75 Å². The molecule has 0 spiro atoms. The molecule has 9 nitrogen and oxygen atoms in total. The van der Waals surface area contributed by atoms with E-state index in [1.165, 1.54) is 18.5 Å². The number of halogens is 2. The molecule has 0 amide bonds. The number of benzene rings is 2. The third kappa shape index (κ3) is 6.90. The van der Waals surface area contributed by atoms with E-state index in [-0.39, 0.29) is 29.4 Å². The van der Waals surface area contributed by atoms with Crippen molar-refractivity contribution in [3.05, 3.63) is 65.2 Å². The minimum absolute atomic E-state index is 0.00184. The average Bonchev–Trinajstić information content (AvgIpc) is 3.34. The number of nitrogens with one attached hydrogen (secondary N) is 1. The summed E-state index contributed by atoms with van der Waals surface area (Å²) < 4.78 is 36.2. The molecule has 0 aliphatic carbocycles. The van der Waals surface area contributed by atoms with Gasteiger partial charge in [0.15, 0.2) is 5.78 Å². The van der Waals surface area contributed by atoms with Gasteiger partial charge in [0.25, 0.3) is 0 Å². The lowest BCUT2D eigenvalue weighted by Crippen LogP contribution is -2.36. The summed E-state index contributed by atoms with van der Waals surface area (Å²) >= 11 is 5.94. The fourth-order valence-corrected chi connectivity index (χ4v) is 4.89. The van der Waals surface area contributed by atoms with Gasteiger partial charge in [0, 0.05) is 55.9 Å². The van der Waals surface area contributed by atoms with Crippen LogP contribution in [0.3, 0.4) is 0 Å². The molecule has 2 aliphatic heterocycles. The molecule has 1 aromatic heterocycles. The van der Waals surface area contributed by atoms with Crippen molar-refractivity contribution in [1.82, 2.24) is 14.9 Å². The predicted molar refractivity (Wildman–Crippen MR) is 145 cm³/mol. The molecule has 2 aliphatic rings. The first kappa shape index (κ1) is 27.4. The number of carbonyl (C=O) groups excluding carboxylic acids is 1. The van der Waals surface area contributed by atoms with E-state index in [1.54, 1.807) is 25.3 Å². The van der Waals surface area contributed by atoms with Gasteiger partial charge in [0.2, 0.25) is 0 Å². The summed E-state index contributed by atoms with van der Waals surface area (Å²) in [5.74, 6) is 0.474. The number of ketones is 1. The first-order chi connectivity index (χ1) is 19.0. The molecule has 2 atom stereocenters. The van der Waals surface area contributed by atoms with Crippen LogP contribution in [0.25, 0.3) is 10.9 Å². The number of aromatic nitrogens is 2. The van der Waals surface area contributed by atoms with Crippen molar-refractivity contribution < 1.29 is 28.1 Å². The second kappa shape index (κ2) is 12.8. The summed E-state index contributed by atoms with van der Waals surface area (Å²) in [6, 6.07) is 7.96. The van der Waals surface area contributed by atoms with Crippen LogP contribution in [0.2, 0.25) is 5.02 Å². The fraction of sp³-hybridized carbons (Fsp3) is 0.393. The summed E-state index contributed by atoms with van der Waals surface area (Å²) in [6.45, 7) is 4.21. The standard InChI is InChI=1S/C28H30ClFN4O5/c1-36-7-8-37-25-14-24-21(28(32-17-31-24)33-19-4-5-23(30)22(29)13-19)12-18(25)11-20(35)3-2-6-34-15-26-27(16-34)39-10-9-38-26/h2-5,12-14,17,26-27H,6-11,15-16H2,1H3,(H,31,32,33)/b3-2+/t26-,27-/m0/s1. The van der Waals surface area contributed by atoms with E-state index in [4.69, 9.17) is 30.5 Å². The van der Waals surface area contributed by atoms with Crippen molar-refractivity contribution in [1.29, 1.82) is 0 Å². The maximum atomic E-state index is 13.6. The zero-order chi connectivity index (χ0) is 27.2. The molecule has 0 bridgehead atoms. The Labute approximate surface area is 230 Å². The number of carbonyl (C=O) groups is 1. The predicted octanol–water partition coefficient (Wildman–Crippen LogP) is 3.96. The van der Waals surface area contributed by atoms with Gasteiger partial charge in [-0.15, -0.1) is 0 Å². The Morgan fingerprint density at radius 2 is 1.97 bits per heavy atom. The van der Waals surface area contributed by atoms with Crippen LogP contribution in [0.5, 0.6) is 5.75 Å². The lowest BCUT2D eigenvalue weighted by Gasteiger charge is -2.24. The molecule has 0 saturated carbocycles. The van der Waals surface area contributed by atoms with E-state index < -0.39 is 5.82 Å². The van der Waals surface area contributed by atoms with Gasteiger partial charge in [0.05, 0.1) is 42.6 Å². The molecule has 2 aromatic carbocycles. The van der Waals surface area contributed by atoms with E-state index in [0.29, 0.717) is 66.7 Å². The number of hydrogen-bond donors (Lipinski definition) is 1. The number of anilines is 2. The largest absolute Gasteiger partial charge is 0.491 e. The van der Waals surface area contributed by atoms with Crippen molar-refractivity contribution >= 4 is 39.8 Å². The average molecular weight is 557 g/mol. The van der Waals surface area contributed by atoms with E-state index in [1.807, 2.05) is 12.1 Å². The maximum absolute atomic E-state index is 13.6. The van der Waals surface area contributed by atoms with Gasteiger partial charge < -0.3 is 24.3 Å². The van der Waals surface area contributed by atoms with Crippen molar-refractivity contribution in [2.75, 3.05) is 58.5 Å². The Morgan fingerprint density at radius 3 is 2.72 bits per heavy atom. The topological polar surface area (TPSA) is 95.0 Å². The zero-order valence-electron chi connectivity index (χ0n) is 21.6. The molecule has 2 saturated heterocycles. The van der Waals surface area contributed by atoms with E-state index in [0.717, 1.165) is 13.1 Å². The van der Waals surface area contributed by atoms with Crippen LogP contribution in [-0.4, -0.2) is 86.0 Å². The van der Waals surface area contributed by atoms with Crippen molar-refractivity contribution in [3.63, 3.8) is 0 Å². The molecule has 1 N–H and O–H groups in total. The Bertz CT molecular complexity index is 1340. The molecule has 0 unspecified atom stereocenters. The van der Waals surface area contributed by atoms with Gasteiger partial charge >= 0.3 is 0 Å². The monoisotopic (exact) mass is 556 g/mol. The highest BCUT2D eigenvalue weighted by Crippen LogP contribution is 2.31. The summed E-state index contributed by atoms with van der Waals surface area (Å²) in [6.07, 6.45) is 5.23. The Balaban J connectivity index is 1.33. The highest BCUT2D eigenvalue weighted by Gasteiger charge is 2.35. The van der Waals surface area contributed by atoms with E-state index in [2.05, 4.69) is 20.2 Å². The molecule has 0 radical (unpaired) electrons. The molecule has 206 valence electrons. The summed E-state index contributed by atoms with van der Waals surface area (Å²) in [5, 5.41) is 3.85. The Kier molecular flexibility index (Phi) is 9.00. The van der Waals surface area contributed by atoms with Crippen molar-refractivity contribution in [2.45, 2.75) is 18.6 Å². The number of fused-ring (bicyclic) bond motifs is 2. The van der Waals surface area contributed by atoms with Crippen LogP contribution in [-0.2, 0) is 25.4 Å². The van der Waals surface area contributed by atoms with Gasteiger partial charge in [-0.2, -0.15) is 0 Å². The molecular formula is C28H30ClFN4O5. The molecule has 2 fully saturated rings. The van der Waals surface area contributed by atoms with Gasteiger partial charge in [-0.05, 0) is 30.3 Å². The fourth-order valence-electron chi connectivity index (χ4n) is 4.71. The van der Waals surface area contributed by atoms with Crippen LogP contribution in [0, 0.1) is 5.82 Å². The molecular weight excluding hydrogens is 527 g/mol. The summed E-state index contributed by atoms with van der Waals surface area (Å²) in [7, 11) is 1.60. The van der Waals surface area contributed by atoms with Crippen LogP contribution in [0.1, 0.15) is 5.56 Å². The van der Waals surface area contributed by atoms with Gasteiger partial charge in [0.1, 0.15) is 30.3 Å². The van der Waals surface area contributed by atoms with Gasteiger partial charge in [-0.1, -0.05) is 17.7 Å². The molecule has 11 heteroatoms. The smallest absolute Gasteiger partial charge is 0.159 e. The minimum atomic E-state index is -0.508. The summed E-state index contributed by atoms with van der Waals surface area (Å²) in [5.41, 5.74) is 1.89. The van der Waals surface area contributed by atoms with E-state index in [9.17, 15) is 9.18 Å². The third-order valence-electron chi connectivity index (χ3n) is 6.62. The number of allylic oxidation sites excluding steroid dienone is 1. The first-order valence-corrected chi connectivity index (χ1v) is 13.1. The second-order valence-corrected chi connectivity index (χ2v) is 9.78. The highest BCUT2D eigenvalue weighted by molar-refractivity contribution is 6.31. The van der Waals surface area contributed by atoms with E-state index >= 15 is 0 Å². The Hall–Kier alpha value is -3.15. The highest BCUT2D eigenvalue weighted by atomic mass is 35.5. The normalized spacial score (nSPS) is 19.5. The molecule has 3 aromatic rings. The lowest BCUT2D eigenvalue weighted by molar-refractivity contribution is -0.116. The minimum Gasteiger partial charge on any atom is -0.491 e. The number of rotatable bonds is 11. The Morgan fingerprint density at radius 1 is 1.18 bits per heavy atom. The van der Waals surface area contributed by atoms with Crippen LogP contribution >= 0.6 is 11.6 Å². The number of methoxy groups -OCH3 is 1. The quantitative estimate of drug-likeness (QED) is 0.278. The molecule has 39 heavy (non-hydrogen) atoms. The lowest BCUT2D eigenvalue weighted by atomic mass is 10.0. The van der Waals surface area contributed by atoms with Gasteiger partial charge in [-0.3, -0.25) is 9.69 Å². The second-order valence-electron chi connectivity index (χ2n) is 9.38. The molecule has 5 rings (SSSR count). The SMILES string of the molecule is COCCOc1cc2ncnc(Nc3ccc(F)c(Cl)c3)c2cc1CC(=O)/C=C/CN1C[C@@H]2OCCO[C@H]2C1. The maximum Gasteiger partial charge on any atom is 0.159 e. The third-order valence-corrected chi connectivity index (χ3v) is 6.90. The first-order valence-electron chi connectivity index (χ1n) is 12.8. The zero-order valence-corrected chi connectivity index (χ0v) is 22.3. The number of ether oxygens (including phenoxy) is 4.